The molecule has 0 heterocycles. The van der Waals surface area contributed by atoms with Crippen LogP contribution in [0.1, 0.15) is 52.6 Å². The van der Waals surface area contributed by atoms with Crippen molar-refractivity contribution < 1.29 is 28.6 Å². The van der Waals surface area contributed by atoms with E-state index in [0.717, 1.165) is 5.56 Å². The van der Waals surface area contributed by atoms with Gasteiger partial charge in [0.1, 0.15) is 11.4 Å². The number of para-hydroxylation sites is 1. The molecule has 8 heteroatoms. The second kappa shape index (κ2) is 11.5. The molecule has 0 aliphatic carbocycles. The third kappa shape index (κ3) is 6.49. The molecule has 7 nitrogen and oxygen atoms in total. The maximum absolute atomic E-state index is 13.6. The number of hydrogen-bond acceptors (Lipinski definition) is 6. The van der Waals surface area contributed by atoms with Crippen LogP contribution in [-0.2, 0) is 26.2 Å². The predicted octanol–water partition coefficient (Wildman–Crippen LogP) is 5.34. The van der Waals surface area contributed by atoms with Gasteiger partial charge in [-0.25, -0.2) is 9.59 Å². The topological polar surface area (TPSA) is 90.9 Å². The minimum atomic E-state index is -1.65. The molecule has 0 spiro atoms. The van der Waals surface area contributed by atoms with Gasteiger partial charge in [-0.05, 0) is 50.6 Å². The first-order chi connectivity index (χ1) is 17.5. The lowest BCUT2D eigenvalue weighted by molar-refractivity contribution is -0.148. The first kappa shape index (κ1) is 27.7. The van der Waals surface area contributed by atoms with Crippen molar-refractivity contribution in [2.45, 2.75) is 38.3 Å². The molecule has 0 fully saturated rings. The van der Waals surface area contributed by atoms with Crippen LogP contribution in [0.4, 0.5) is 0 Å². The molecule has 194 valence electrons. The van der Waals surface area contributed by atoms with Gasteiger partial charge in [-0.3, -0.25) is 4.79 Å². The number of nitrogens with one attached hydrogen (secondary N) is 1. The number of esters is 2. The molecule has 3 aromatic rings. The molecule has 0 unspecified atom stereocenters. The van der Waals surface area contributed by atoms with Gasteiger partial charge in [-0.2, -0.15) is 0 Å². The van der Waals surface area contributed by atoms with Crippen LogP contribution in [0.2, 0.25) is 5.02 Å². The Kier molecular flexibility index (Phi) is 8.61. The second-order valence-corrected chi connectivity index (χ2v) is 9.82. The van der Waals surface area contributed by atoms with Crippen LogP contribution in [0.15, 0.2) is 72.8 Å². The van der Waals surface area contributed by atoms with Crippen molar-refractivity contribution in [2.75, 3.05) is 14.2 Å². The quantitative estimate of drug-likeness (QED) is 0.400. The van der Waals surface area contributed by atoms with Crippen LogP contribution < -0.4 is 10.1 Å². The molecule has 0 saturated heterocycles. The number of amides is 1. The standard InChI is InChI=1S/C29H30ClNO6/c1-28(2,3)37-26(33)20-15-16-21(23(30)17-20)25(32)31-29(27(34)36-5,18-19-11-7-6-8-12-19)22-13-9-10-14-24(22)35-4/h6-17H,18H2,1-5H3,(H,31,32)/t29-/m1/s1. The summed E-state index contributed by atoms with van der Waals surface area (Å²) < 4.78 is 16.1. The average Bonchev–Trinajstić information content (AvgIpc) is 2.87. The summed E-state index contributed by atoms with van der Waals surface area (Å²) in [4.78, 5) is 39.5. The molecular formula is C29H30ClNO6. The maximum atomic E-state index is 13.6. The van der Waals surface area contributed by atoms with E-state index in [2.05, 4.69) is 5.32 Å². The van der Waals surface area contributed by atoms with Crippen molar-refractivity contribution in [3.05, 3.63) is 100 Å². The molecule has 0 aliphatic rings. The average molecular weight is 524 g/mol. The van der Waals surface area contributed by atoms with E-state index in [4.69, 9.17) is 25.8 Å². The zero-order chi connectivity index (χ0) is 27.2. The highest BCUT2D eigenvalue weighted by Crippen LogP contribution is 2.35. The number of carbonyl (C=O) groups excluding carboxylic acids is 3. The van der Waals surface area contributed by atoms with Crippen molar-refractivity contribution in [1.82, 2.24) is 5.32 Å². The summed E-state index contributed by atoms with van der Waals surface area (Å²) in [6.07, 6.45) is 0.0836. The number of rotatable bonds is 8. The SMILES string of the molecule is COC(=O)[C@](Cc1ccccc1)(NC(=O)c1ccc(C(=O)OC(C)(C)C)cc1Cl)c1ccccc1OC. The zero-order valence-electron chi connectivity index (χ0n) is 21.5. The highest BCUT2D eigenvalue weighted by Gasteiger charge is 2.45. The van der Waals surface area contributed by atoms with E-state index >= 15 is 0 Å². The Balaban J connectivity index is 2.08. The van der Waals surface area contributed by atoms with Crippen molar-refractivity contribution in [1.29, 1.82) is 0 Å². The van der Waals surface area contributed by atoms with E-state index in [0.29, 0.717) is 11.3 Å². The van der Waals surface area contributed by atoms with E-state index in [1.165, 1.54) is 32.4 Å². The van der Waals surface area contributed by atoms with Gasteiger partial charge in [0.05, 0.1) is 30.4 Å². The van der Waals surface area contributed by atoms with E-state index in [1.807, 2.05) is 30.3 Å². The molecule has 0 radical (unpaired) electrons. The first-order valence-electron chi connectivity index (χ1n) is 11.6. The Hall–Kier alpha value is -3.84. The summed E-state index contributed by atoms with van der Waals surface area (Å²) >= 11 is 6.44. The molecule has 1 atom stereocenters. The number of halogens is 1. The van der Waals surface area contributed by atoms with Crippen LogP contribution >= 0.6 is 11.6 Å². The monoisotopic (exact) mass is 523 g/mol. The molecule has 3 aromatic carbocycles. The summed E-state index contributed by atoms with van der Waals surface area (Å²) in [5, 5.41) is 2.90. The third-order valence-electron chi connectivity index (χ3n) is 5.59. The summed E-state index contributed by atoms with van der Waals surface area (Å²) in [7, 11) is 2.74. The molecule has 1 N–H and O–H groups in total. The smallest absolute Gasteiger partial charge is 0.338 e. The van der Waals surface area contributed by atoms with E-state index < -0.39 is 29.0 Å². The van der Waals surface area contributed by atoms with Gasteiger partial charge in [0.25, 0.3) is 5.91 Å². The second-order valence-electron chi connectivity index (χ2n) is 9.41. The molecule has 3 rings (SSSR count). The maximum Gasteiger partial charge on any atom is 0.338 e. The summed E-state index contributed by atoms with van der Waals surface area (Å²) in [5.41, 5.74) is -0.859. The van der Waals surface area contributed by atoms with Gasteiger partial charge < -0.3 is 19.5 Å². The number of carbonyl (C=O) groups is 3. The fourth-order valence-electron chi connectivity index (χ4n) is 3.94. The first-order valence-corrected chi connectivity index (χ1v) is 12.0. The number of methoxy groups -OCH3 is 2. The van der Waals surface area contributed by atoms with Crippen LogP contribution in [0.5, 0.6) is 5.75 Å². The molecule has 0 aromatic heterocycles. The minimum Gasteiger partial charge on any atom is -0.496 e. The molecule has 0 saturated carbocycles. The lowest BCUT2D eigenvalue weighted by Crippen LogP contribution is -2.54. The number of benzene rings is 3. The summed E-state index contributed by atoms with van der Waals surface area (Å²) in [6, 6.07) is 20.4. The highest BCUT2D eigenvalue weighted by molar-refractivity contribution is 6.34. The lowest BCUT2D eigenvalue weighted by Gasteiger charge is -2.34. The van der Waals surface area contributed by atoms with E-state index in [-0.39, 0.29) is 22.6 Å². The van der Waals surface area contributed by atoms with Gasteiger partial charge in [-0.1, -0.05) is 60.1 Å². The Morgan fingerprint density at radius 3 is 2.14 bits per heavy atom. The van der Waals surface area contributed by atoms with Gasteiger partial charge >= 0.3 is 11.9 Å². The molecule has 1 amide bonds. The Morgan fingerprint density at radius 2 is 1.54 bits per heavy atom. The largest absolute Gasteiger partial charge is 0.496 e. The highest BCUT2D eigenvalue weighted by atomic mass is 35.5. The minimum absolute atomic E-state index is 0.0272. The van der Waals surface area contributed by atoms with E-state index in [1.54, 1.807) is 45.0 Å². The zero-order valence-corrected chi connectivity index (χ0v) is 22.2. The Bertz CT molecular complexity index is 1290. The van der Waals surface area contributed by atoms with Gasteiger partial charge in [0.2, 0.25) is 0 Å². The molecular weight excluding hydrogens is 494 g/mol. The molecule has 0 bridgehead atoms. The predicted molar refractivity (Wildman–Crippen MR) is 141 cm³/mol. The number of hydrogen-bond donors (Lipinski definition) is 1. The van der Waals surface area contributed by atoms with Gasteiger partial charge in [0.15, 0.2) is 5.54 Å². The summed E-state index contributed by atoms with van der Waals surface area (Å²) in [5.74, 6) is -1.48. The molecule has 0 aliphatic heterocycles. The fraction of sp³-hybridized carbons (Fsp3) is 0.276. The number of ether oxygens (including phenoxy) is 3. The van der Waals surface area contributed by atoms with Crippen LogP contribution in [0.3, 0.4) is 0 Å². The van der Waals surface area contributed by atoms with Crippen LogP contribution in [0, 0.1) is 0 Å². The third-order valence-corrected chi connectivity index (χ3v) is 5.90. The van der Waals surface area contributed by atoms with Crippen molar-refractivity contribution >= 4 is 29.4 Å². The Morgan fingerprint density at radius 1 is 0.892 bits per heavy atom. The Labute approximate surface area is 221 Å². The van der Waals surface area contributed by atoms with Crippen LogP contribution in [-0.4, -0.2) is 37.7 Å². The van der Waals surface area contributed by atoms with Crippen LogP contribution in [0.25, 0.3) is 0 Å². The van der Waals surface area contributed by atoms with Gasteiger partial charge in [0, 0.05) is 12.0 Å². The van der Waals surface area contributed by atoms with Crippen molar-refractivity contribution in [3.63, 3.8) is 0 Å². The fourth-order valence-corrected chi connectivity index (χ4v) is 4.20. The lowest BCUT2D eigenvalue weighted by atomic mass is 9.82. The normalized spacial score (nSPS) is 12.7. The van der Waals surface area contributed by atoms with Crippen molar-refractivity contribution in [3.8, 4) is 5.75 Å². The summed E-state index contributed by atoms with van der Waals surface area (Å²) in [6.45, 7) is 5.27. The van der Waals surface area contributed by atoms with E-state index in [9.17, 15) is 14.4 Å². The van der Waals surface area contributed by atoms with Crippen molar-refractivity contribution in [2.24, 2.45) is 0 Å². The molecule has 37 heavy (non-hydrogen) atoms. The van der Waals surface area contributed by atoms with Gasteiger partial charge in [-0.15, -0.1) is 0 Å².